The Kier molecular flexibility index (Phi) is 9.66. The minimum atomic E-state index is -4.86. The molecular weight excluding hydrogens is 515 g/mol. The van der Waals surface area contributed by atoms with Gasteiger partial charge in [-0.15, -0.1) is 0 Å². The number of hydrogen-bond acceptors (Lipinski definition) is 7. The number of carbonyl (C=O) groups is 2. The highest BCUT2D eigenvalue weighted by Crippen LogP contribution is 2.33. The summed E-state index contributed by atoms with van der Waals surface area (Å²) in [5, 5.41) is 33.1. The molecule has 13 heteroatoms. The van der Waals surface area contributed by atoms with E-state index in [4.69, 9.17) is 10.4 Å². The van der Waals surface area contributed by atoms with Crippen LogP contribution in [0.25, 0.3) is 0 Å². The number of amides is 1. The molecule has 9 nitrogen and oxygen atoms in total. The fourth-order valence-corrected chi connectivity index (χ4v) is 4.92. The third-order valence-electron chi connectivity index (χ3n) is 5.27. The van der Waals surface area contributed by atoms with Gasteiger partial charge in [-0.1, -0.05) is 6.42 Å². The van der Waals surface area contributed by atoms with E-state index in [1.165, 1.54) is 30.3 Å². The number of benzene rings is 2. The molecule has 37 heavy (non-hydrogen) atoms. The second kappa shape index (κ2) is 12.1. The van der Waals surface area contributed by atoms with Crippen LogP contribution < -0.4 is 10.6 Å². The van der Waals surface area contributed by atoms with Crippen LogP contribution in [-0.2, 0) is 25.6 Å². The molecule has 0 aromatic heterocycles. The molecule has 0 spiro atoms. The average Bonchev–Trinajstić information content (AvgIpc) is 2.80. The molecule has 0 radical (unpaired) electrons. The Balaban J connectivity index is 2.02. The predicted molar refractivity (Wildman–Crippen MR) is 129 cm³/mol. The Hall–Kier alpha value is -3.63. The largest absolute Gasteiger partial charge is 0.481 e. The minimum absolute atomic E-state index is 0.0937. The third-order valence-corrected chi connectivity index (χ3v) is 7.21. The first-order valence-corrected chi connectivity index (χ1v) is 12.7. The van der Waals surface area contributed by atoms with Gasteiger partial charge in [-0.05, 0) is 62.2 Å². The summed E-state index contributed by atoms with van der Waals surface area (Å²) in [6.45, 7) is 1.47. The lowest BCUT2D eigenvalue weighted by atomic mass is 10.1. The van der Waals surface area contributed by atoms with Crippen LogP contribution in [-0.4, -0.2) is 48.4 Å². The Labute approximate surface area is 211 Å². The number of aliphatic hydroxyl groups is 1. The molecule has 0 heterocycles. The Bertz CT molecular complexity index is 1270. The van der Waals surface area contributed by atoms with Crippen LogP contribution in [0.4, 0.5) is 24.5 Å². The third kappa shape index (κ3) is 8.76. The standard InChI is InChI=1S/C24H26F3N3O6S/c1-23(34,22(33)30-18-7-6-16(14-28)20(13-18)24(25,26)27)15-37(35,36)19-10-8-17(9-11-19)29-12-4-2-3-5-21(31)32/h6-11,13,29,34H,2-5,12,15H2,1H3,(H,30,33)(H,31,32). The number of halogens is 3. The highest BCUT2D eigenvalue weighted by atomic mass is 32.2. The van der Waals surface area contributed by atoms with Crippen LogP contribution >= 0.6 is 0 Å². The van der Waals surface area contributed by atoms with Gasteiger partial charge in [-0.2, -0.15) is 18.4 Å². The van der Waals surface area contributed by atoms with E-state index in [0.717, 1.165) is 25.5 Å². The summed E-state index contributed by atoms with van der Waals surface area (Å²) in [7, 11) is -4.17. The van der Waals surface area contributed by atoms with Crippen LogP contribution in [0, 0.1) is 11.3 Å². The molecule has 4 N–H and O–H groups in total. The van der Waals surface area contributed by atoms with E-state index in [1.54, 1.807) is 0 Å². The van der Waals surface area contributed by atoms with Crippen molar-refractivity contribution < 1.29 is 41.4 Å². The molecule has 1 unspecified atom stereocenters. The number of hydrogen-bond donors (Lipinski definition) is 4. The normalized spacial score (nSPS) is 13.3. The minimum Gasteiger partial charge on any atom is -0.481 e. The van der Waals surface area contributed by atoms with Crippen molar-refractivity contribution in [3.8, 4) is 6.07 Å². The summed E-state index contributed by atoms with van der Waals surface area (Å²) >= 11 is 0. The van der Waals surface area contributed by atoms with Crippen LogP contribution in [0.5, 0.6) is 0 Å². The smallest absolute Gasteiger partial charge is 0.417 e. The lowest BCUT2D eigenvalue weighted by molar-refractivity contribution is -0.138. The van der Waals surface area contributed by atoms with E-state index in [0.29, 0.717) is 31.1 Å². The van der Waals surface area contributed by atoms with Gasteiger partial charge in [0.1, 0.15) is 0 Å². The number of rotatable bonds is 12. The van der Waals surface area contributed by atoms with Crippen LogP contribution in [0.3, 0.4) is 0 Å². The predicted octanol–water partition coefficient (Wildman–Crippen LogP) is 3.80. The number of sulfone groups is 1. The molecule has 0 fully saturated rings. The van der Waals surface area contributed by atoms with Gasteiger partial charge in [0.25, 0.3) is 5.91 Å². The quantitative estimate of drug-likeness (QED) is 0.296. The molecule has 200 valence electrons. The summed E-state index contributed by atoms with van der Waals surface area (Å²) in [6, 6.07) is 9.38. The van der Waals surface area contributed by atoms with Crippen molar-refractivity contribution in [3.05, 3.63) is 53.6 Å². The molecule has 0 bridgehead atoms. The van der Waals surface area contributed by atoms with Crippen molar-refractivity contribution in [2.24, 2.45) is 0 Å². The summed E-state index contributed by atoms with van der Waals surface area (Å²) in [4.78, 5) is 22.8. The lowest BCUT2D eigenvalue weighted by Gasteiger charge is -2.22. The molecule has 0 aliphatic carbocycles. The van der Waals surface area contributed by atoms with Gasteiger partial charge in [-0.3, -0.25) is 9.59 Å². The van der Waals surface area contributed by atoms with Crippen molar-refractivity contribution in [3.63, 3.8) is 0 Å². The van der Waals surface area contributed by atoms with Gasteiger partial charge in [0.2, 0.25) is 0 Å². The number of carboxylic acids is 1. The molecule has 2 rings (SSSR count). The molecule has 0 aliphatic rings. The van der Waals surface area contributed by atoms with Crippen molar-refractivity contribution in [2.75, 3.05) is 22.9 Å². The first-order chi connectivity index (χ1) is 17.2. The number of alkyl halides is 3. The number of nitrogens with one attached hydrogen (secondary N) is 2. The van der Waals surface area contributed by atoms with Gasteiger partial charge in [0, 0.05) is 24.3 Å². The Morgan fingerprint density at radius 1 is 1.03 bits per heavy atom. The van der Waals surface area contributed by atoms with E-state index in [9.17, 15) is 36.3 Å². The SMILES string of the molecule is CC(O)(CS(=O)(=O)c1ccc(NCCCCCC(=O)O)cc1)C(=O)Nc1ccc(C#N)c(C(F)(F)F)c1. The van der Waals surface area contributed by atoms with E-state index < -0.39 is 50.4 Å². The number of nitriles is 1. The zero-order valence-electron chi connectivity index (χ0n) is 19.8. The number of aliphatic carboxylic acids is 1. The summed E-state index contributed by atoms with van der Waals surface area (Å²) < 4.78 is 65.0. The van der Waals surface area contributed by atoms with E-state index >= 15 is 0 Å². The molecule has 1 amide bonds. The second-order valence-corrected chi connectivity index (χ2v) is 10.5. The molecule has 2 aromatic carbocycles. The maximum Gasteiger partial charge on any atom is 0.417 e. The molecule has 2 aromatic rings. The van der Waals surface area contributed by atoms with Crippen LogP contribution in [0.1, 0.15) is 43.7 Å². The number of carbonyl (C=O) groups excluding carboxylic acids is 1. The zero-order chi connectivity index (χ0) is 27.9. The molecular formula is C24H26F3N3O6S. The van der Waals surface area contributed by atoms with Gasteiger partial charge in [0.15, 0.2) is 15.4 Å². The fraction of sp³-hybridized carbons (Fsp3) is 0.375. The van der Waals surface area contributed by atoms with E-state index in [1.807, 2.05) is 0 Å². The molecule has 0 aliphatic heterocycles. The van der Waals surface area contributed by atoms with Gasteiger partial charge in [0.05, 0.1) is 27.8 Å². The lowest BCUT2D eigenvalue weighted by Crippen LogP contribution is -2.45. The van der Waals surface area contributed by atoms with Crippen LogP contribution in [0.15, 0.2) is 47.4 Å². The zero-order valence-corrected chi connectivity index (χ0v) is 20.6. The first kappa shape index (κ1) is 29.6. The molecule has 1 atom stereocenters. The summed E-state index contributed by atoms with van der Waals surface area (Å²) in [5.41, 5.74) is -4.18. The first-order valence-electron chi connectivity index (χ1n) is 11.1. The van der Waals surface area contributed by atoms with Crippen LogP contribution in [0.2, 0.25) is 0 Å². The van der Waals surface area contributed by atoms with Gasteiger partial charge in [-0.25, -0.2) is 8.42 Å². The van der Waals surface area contributed by atoms with Crippen molar-refractivity contribution in [1.29, 1.82) is 5.26 Å². The van der Waals surface area contributed by atoms with Gasteiger partial charge < -0.3 is 20.8 Å². The van der Waals surface area contributed by atoms with Crippen molar-refractivity contribution in [2.45, 2.75) is 49.3 Å². The summed E-state index contributed by atoms with van der Waals surface area (Å²) in [5.74, 6) is -3.13. The number of carboxylic acid groups (broad SMARTS) is 1. The monoisotopic (exact) mass is 541 g/mol. The topological polar surface area (TPSA) is 157 Å². The number of anilines is 2. The van der Waals surface area contributed by atoms with E-state index in [-0.39, 0.29) is 17.0 Å². The highest BCUT2D eigenvalue weighted by molar-refractivity contribution is 7.91. The fourth-order valence-electron chi connectivity index (χ4n) is 3.33. The molecule has 0 saturated carbocycles. The van der Waals surface area contributed by atoms with Crippen molar-refractivity contribution in [1.82, 2.24) is 0 Å². The molecule has 0 saturated heterocycles. The Morgan fingerprint density at radius 2 is 1.65 bits per heavy atom. The number of nitrogens with zero attached hydrogens (tertiary/aromatic N) is 1. The number of unbranched alkanes of at least 4 members (excludes halogenated alkanes) is 2. The maximum absolute atomic E-state index is 13.2. The Morgan fingerprint density at radius 3 is 2.22 bits per heavy atom. The van der Waals surface area contributed by atoms with Gasteiger partial charge >= 0.3 is 12.1 Å². The highest BCUT2D eigenvalue weighted by Gasteiger charge is 2.38. The second-order valence-electron chi connectivity index (χ2n) is 8.51. The maximum atomic E-state index is 13.2. The van der Waals surface area contributed by atoms with Crippen molar-refractivity contribution >= 4 is 33.1 Å². The average molecular weight is 542 g/mol. The summed E-state index contributed by atoms with van der Waals surface area (Å²) in [6.07, 6.45) is -2.79. The van der Waals surface area contributed by atoms with E-state index in [2.05, 4.69) is 10.6 Å².